The highest BCUT2D eigenvalue weighted by atomic mass is 16.5. The van der Waals surface area contributed by atoms with Crippen molar-refractivity contribution in [3.8, 4) is 0 Å². The summed E-state index contributed by atoms with van der Waals surface area (Å²) >= 11 is 0. The van der Waals surface area contributed by atoms with Crippen LogP contribution in [-0.2, 0) is 16.1 Å². The van der Waals surface area contributed by atoms with Crippen molar-refractivity contribution in [3.05, 3.63) is 36.5 Å². The largest absolute Gasteiger partial charge is 0.378 e. The Balaban J connectivity index is 1.50. The number of fused-ring (bicyclic) bond motifs is 1. The van der Waals surface area contributed by atoms with E-state index in [1.165, 1.54) is 18.2 Å². The van der Waals surface area contributed by atoms with Crippen LogP contribution in [0.15, 0.2) is 36.5 Å². The molecule has 1 aromatic heterocycles. The second kappa shape index (κ2) is 6.97. The van der Waals surface area contributed by atoms with Crippen LogP contribution < -0.4 is 0 Å². The molecule has 0 radical (unpaired) electrons. The van der Waals surface area contributed by atoms with Crippen LogP contribution >= 0.6 is 0 Å². The van der Waals surface area contributed by atoms with Crippen LogP contribution in [0, 0.1) is 0 Å². The van der Waals surface area contributed by atoms with Gasteiger partial charge in [0.1, 0.15) is 6.54 Å². The van der Waals surface area contributed by atoms with E-state index in [0.717, 1.165) is 31.5 Å². The Kier molecular flexibility index (Phi) is 4.78. The monoisotopic (exact) mass is 300 g/mol. The van der Waals surface area contributed by atoms with E-state index in [9.17, 15) is 4.79 Å². The molecule has 1 aromatic carbocycles. The number of benzene rings is 1. The summed E-state index contributed by atoms with van der Waals surface area (Å²) < 4.78 is 7.64. The van der Waals surface area contributed by atoms with Crippen LogP contribution in [0.1, 0.15) is 25.7 Å². The second-order valence-electron chi connectivity index (χ2n) is 6.10. The predicted molar refractivity (Wildman–Crippen MR) is 87.8 cm³/mol. The van der Waals surface area contributed by atoms with Crippen molar-refractivity contribution in [2.45, 2.75) is 38.3 Å². The topological polar surface area (TPSA) is 34.5 Å². The molecular weight excluding hydrogens is 276 g/mol. The van der Waals surface area contributed by atoms with Gasteiger partial charge in [0.15, 0.2) is 0 Å². The zero-order valence-corrected chi connectivity index (χ0v) is 13.2. The molecule has 2 heterocycles. The van der Waals surface area contributed by atoms with Crippen LogP contribution in [0.2, 0.25) is 0 Å². The third-order valence-electron chi connectivity index (χ3n) is 4.46. The fourth-order valence-electron chi connectivity index (χ4n) is 3.10. The first kappa shape index (κ1) is 15.1. The van der Waals surface area contributed by atoms with Crippen molar-refractivity contribution >= 4 is 16.8 Å². The number of rotatable bonds is 6. The van der Waals surface area contributed by atoms with Gasteiger partial charge in [-0.25, -0.2) is 0 Å². The van der Waals surface area contributed by atoms with Crippen LogP contribution in [0.25, 0.3) is 10.9 Å². The second-order valence-corrected chi connectivity index (χ2v) is 6.10. The summed E-state index contributed by atoms with van der Waals surface area (Å²) in [6.07, 6.45) is 6.83. The number of para-hydroxylation sites is 1. The normalized spacial score (nSPS) is 18.0. The van der Waals surface area contributed by atoms with Crippen LogP contribution in [0.3, 0.4) is 0 Å². The molecular formula is C18H24N2O2. The molecule has 1 aliphatic heterocycles. The fraction of sp³-hybridized carbons (Fsp3) is 0.500. The van der Waals surface area contributed by atoms with Gasteiger partial charge in [0, 0.05) is 31.9 Å². The van der Waals surface area contributed by atoms with E-state index in [0.29, 0.717) is 12.6 Å². The predicted octanol–water partition coefficient (Wildman–Crippen LogP) is 3.06. The van der Waals surface area contributed by atoms with Crippen LogP contribution in [0.5, 0.6) is 0 Å². The number of carbonyl (C=O) groups excluding carboxylic acids is 1. The van der Waals surface area contributed by atoms with E-state index in [-0.39, 0.29) is 5.91 Å². The van der Waals surface area contributed by atoms with E-state index in [1.54, 1.807) is 0 Å². The number of nitrogens with zero attached hydrogens (tertiary/aromatic N) is 2. The highest BCUT2D eigenvalue weighted by molar-refractivity contribution is 5.83. The van der Waals surface area contributed by atoms with E-state index >= 15 is 0 Å². The van der Waals surface area contributed by atoms with E-state index in [4.69, 9.17) is 4.74 Å². The third kappa shape index (κ3) is 3.50. The molecule has 118 valence electrons. The molecule has 1 unspecified atom stereocenters. The first-order valence-corrected chi connectivity index (χ1v) is 8.13. The van der Waals surface area contributed by atoms with Gasteiger partial charge in [-0.2, -0.15) is 0 Å². The van der Waals surface area contributed by atoms with Crippen molar-refractivity contribution in [2.24, 2.45) is 0 Å². The molecule has 1 saturated heterocycles. The number of amides is 1. The SMILES string of the molecule is CN(CCCC1CCCO1)C(=O)Cn1ccc2ccccc21. The van der Waals surface area contributed by atoms with Gasteiger partial charge >= 0.3 is 0 Å². The number of ether oxygens (including phenoxy) is 1. The summed E-state index contributed by atoms with van der Waals surface area (Å²) in [5, 5.41) is 1.18. The van der Waals surface area contributed by atoms with Gasteiger partial charge in [0.25, 0.3) is 0 Å². The Morgan fingerprint density at radius 3 is 3.05 bits per heavy atom. The van der Waals surface area contributed by atoms with Gasteiger partial charge in [-0.1, -0.05) is 18.2 Å². The molecule has 0 saturated carbocycles. The molecule has 22 heavy (non-hydrogen) atoms. The van der Waals surface area contributed by atoms with Gasteiger partial charge in [-0.15, -0.1) is 0 Å². The smallest absolute Gasteiger partial charge is 0.242 e. The Morgan fingerprint density at radius 2 is 2.23 bits per heavy atom. The molecule has 1 fully saturated rings. The lowest BCUT2D eigenvalue weighted by atomic mass is 10.1. The first-order chi connectivity index (χ1) is 10.7. The van der Waals surface area contributed by atoms with Gasteiger partial charge < -0.3 is 14.2 Å². The molecule has 0 spiro atoms. The molecule has 0 bridgehead atoms. The van der Waals surface area contributed by atoms with Crippen molar-refractivity contribution in [3.63, 3.8) is 0 Å². The molecule has 0 N–H and O–H groups in total. The van der Waals surface area contributed by atoms with Gasteiger partial charge in [0.05, 0.1) is 6.10 Å². The van der Waals surface area contributed by atoms with Crippen molar-refractivity contribution in [2.75, 3.05) is 20.2 Å². The zero-order chi connectivity index (χ0) is 15.4. The van der Waals surface area contributed by atoms with E-state index < -0.39 is 0 Å². The summed E-state index contributed by atoms with van der Waals surface area (Å²) in [4.78, 5) is 14.2. The minimum Gasteiger partial charge on any atom is -0.378 e. The number of hydrogen-bond donors (Lipinski definition) is 0. The quantitative estimate of drug-likeness (QED) is 0.821. The lowest BCUT2D eigenvalue weighted by Crippen LogP contribution is -2.31. The Morgan fingerprint density at radius 1 is 1.36 bits per heavy atom. The van der Waals surface area contributed by atoms with E-state index in [1.807, 2.05) is 34.8 Å². The number of hydrogen-bond acceptors (Lipinski definition) is 2. The highest BCUT2D eigenvalue weighted by Crippen LogP contribution is 2.17. The molecule has 3 rings (SSSR count). The summed E-state index contributed by atoms with van der Waals surface area (Å²) in [7, 11) is 1.89. The Labute approximate surface area is 131 Å². The average molecular weight is 300 g/mol. The Bertz CT molecular complexity index is 629. The summed E-state index contributed by atoms with van der Waals surface area (Å²) in [6.45, 7) is 2.11. The zero-order valence-electron chi connectivity index (χ0n) is 13.2. The summed E-state index contributed by atoms with van der Waals surface area (Å²) in [5.41, 5.74) is 1.11. The molecule has 4 nitrogen and oxygen atoms in total. The average Bonchev–Trinajstić information content (AvgIpc) is 3.17. The maximum atomic E-state index is 12.4. The number of likely N-dealkylation sites (N-methyl/N-ethyl adjacent to an activating group) is 1. The molecule has 0 aliphatic carbocycles. The molecule has 1 aliphatic rings. The molecule has 1 atom stereocenters. The highest BCUT2D eigenvalue weighted by Gasteiger charge is 2.16. The maximum absolute atomic E-state index is 12.4. The summed E-state index contributed by atoms with van der Waals surface area (Å²) in [5.74, 6) is 0.161. The van der Waals surface area contributed by atoms with Crippen LogP contribution in [-0.4, -0.2) is 41.7 Å². The van der Waals surface area contributed by atoms with Gasteiger partial charge in [-0.05, 0) is 43.2 Å². The number of aromatic nitrogens is 1. The Hall–Kier alpha value is -1.81. The van der Waals surface area contributed by atoms with Crippen molar-refractivity contribution in [1.82, 2.24) is 9.47 Å². The van der Waals surface area contributed by atoms with E-state index in [2.05, 4.69) is 18.2 Å². The third-order valence-corrected chi connectivity index (χ3v) is 4.46. The minimum absolute atomic E-state index is 0.161. The number of carbonyl (C=O) groups is 1. The van der Waals surface area contributed by atoms with Gasteiger partial charge in [0.2, 0.25) is 5.91 Å². The van der Waals surface area contributed by atoms with Gasteiger partial charge in [-0.3, -0.25) is 4.79 Å². The molecule has 4 heteroatoms. The molecule has 2 aromatic rings. The van der Waals surface area contributed by atoms with Crippen LogP contribution in [0.4, 0.5) is 0 Å². The first-order valence-electron chi connectivity index (χ1n) is 8.13. The lowest BCUT2D eigenvalue weighted by molar-refractivity contribution is -0.130. The minimum atomic E-state index is 0.161. The lowest BCUT2D eigenvalue weighted by Gasteiger charge is -2.19. The standard InChI is InChI=1S/C18H24N2O2/c1-19(11-4-7-16-8-5-13-22-16)18(21)14-20-12-10-15-6-2-3-9-17(15)20/h2-3,6,9-10,12,16H,4-5,7-8,11,13-14H2,1H3. The van der Waals surface area contributed by atoms with Crippen molar-refractivity contribution in [1.29, 1.82) is 0 Å². The molecule has 1 amide bonds. The summed E-state index contributed by atoms with van der Waals surface area (Å²) in [6, 6.07) is 10.2. The van der Waals surface area contributed by atoms with Crippen molar-refractivity contribution < 1.29 is 9.53 Å². The maximum Gasteiger partial charge on any atom is 0.242 e. The fourth-order valence-corrected chi connectivity index (χ4v) is 3.10.